The second-order valence-electron chi connectivity index (χ2n) is 3.89. The Bertz CT molecular complexity index is 145. The third-order valence-corrected chi connectivity index (χ3v) is 2.28. The zero-order valence-electron chi connectivity index (χ0n) is 9.39. The molecule has 0 aliphatic rings. The number of amides is 1. The molecule has 0 saturated heterocycles. The second-order valence-corrected chi connectivity index (χ2v) is 3.89. The van der Waals surface area contributed by atoms with Gasteiger partial charge in [-0.25, -0.2) is 0 Å². The first-order chi connectivity index (χ1) is 6.11. The lowest BCUT2D eigenvalue weighted by molar-refractivity contribution is -0.125. The van der Waals surface area contributed by atoms with Gasteiger partial charge in [-0.1, -0.05) is 33.6 Å². The minimum atomic E-state index is 0.171. The van der Waals surface area contributed by atoms with Crippen LogP contribution in [0.4, 0.5) is 0 Å². The highest BCUT2D eigenvalue weighted by Gasteiger charge is 2.13. The molecule has 0 aliphatic carbocycles. The quantitative estimate of drug-likeness (QED) is 0.677. The summed E-state index contributed by atoms with van der Waals surface area (Å²) < 4.78 is 0. The van der Waals surface area contributed by atoms with Gasteiger partial charge in [-0.3, -0.25) is 4.79 Å². The van der Waals surface area contributed by atoms with Gasteiger partial charge in [0.05, 0.1) is 0 Å². The molecule has 0 aromatic heterocycles. The van der Waals surface area contributed by atoms with Gasteiger partial charge in [0.15, 0.2) is 0 Å². The van der Waals surface area contributed by atoms with E-state index in [2.05, 4.69) is 26.1 Å². The highest BCUT2D eigenvalue weighted by Crippen LogP contribution is 2.06. The maximum Gasteiger partial charge on any atom is 0.223 e. The molecule has 0 rings (SSSR count). The highest BCUT2D eigenvalue weighted by atomic mass is 16.1. The molecule has 0 spiro atoms. The van der Waals surface area contributed by atoms with E-state index in [1.54, 1.807) is 0 Å². The van der Waals surface area contributed by atoms with E-state index in [9.17, 15) is 4.79 Å². The smallest absolute Gasteiger partial charge is 0.223 e. The molecular formula is C11H23NO. The number of hydrogen-bond acceptors (Lipinski definition) is 1. The van der Waals surface area contributed by atoms with Crippen LogP contribution >= 0.6 is 0 Å². The maximum atomic E-state index is 11.5. The molecule has 0 aliphatic heterocycles. The van der Waals surface area contributed by atoms with Gasteiger partial charge in [-0.2, -0.15) is 0 Å². The van der Waals surface area contributed by atoms with Crippen LogP contribution in [0.15, 0.2) is 0 Å². The molecule has 2 atom stereocenters. The predicted molar refractivity (Wildman–Crippen MR) is 56.6 cm³/mol. The van der Waals surface area contributed by atoms with E-state index in [1.165, 1.54) is 0 Å². The Morgan fingerprint density at radius 2 is 1.69 bits per heavy atom. The molecule has 0 aromatic rings. The fraction of sp³-hybridized carbons (Fsp3) is 0.909. The lowest BCUT2D eigenvalue weighted by Crippen LogP contribution is -2.36. The van der Waals surface area contributed by atoms with E-state index in [-0.39, 0.29) is 11.8 Å². The van der Waals surface area contributed by atoms with Crippen molar-refractivity contribution in [3.05, 3.63) is 0 Å². The van der Waals surface area contributed by atoms with Crippen LogP contribution in [-0.2, 0) is 4.79 Å². The fourth-order valence-corrected chi connectivity index (χ4v) is 1.45. The van der Waals surface area contributed by atoms with E-state index in [0.717, 1.165) is 25.7 Å². The van der Waals surface area contributed by atoms with Crippen LogP contribution in [0.3, 0.4) is 0 Å². The summed E-state index contributed by atoms with van der Waals surface area (Å²) in [5.74, 6) is 0.382. The van der Waals surface area contributed by atoms with Crippen molar-refractivity contribution in [3.8, 4) is 0 Å². The number of nitrogens with one attached hydrogen (secondary N) is 1. The van der Waals surface area contributed by atoms with Crippen LogP contribution in [0.5, 0.6) is 0 Å². The minimum absolute atomic E-state index is 0.171. The summed E-state index contributed by atoms with van der Waals surface area (Å²) in [5, 5.41) is 3.03. The number of hydrogen-bond donors (Lipinski definition) is 1. The monoisotopic (exact) mass is 185 g/mol. The Balaban J connectivity index is 3.71. The highest BCUT2D eigenvalue weighted by molar-refractivity contribution is 5.78. The summed E-state index contributed by atoms with van der Waals surface area (Å²) in [6.45, 7) is 8.31. The largest absolute Gasteiger partial charge is 0.353 e. The van der Waals surface area contributed by atoms with Crippen molar-refractivity contribution in [2.75, 3.05) is 0 Å². The standard InChI is InChI=1S/C11H23NO/c1-5-7-9(3)11(13)12-10(4)8-6-2/h9-10H,5-8H2,1-4H3,(H,12,13)/t9-,10+/m0/s1. The summed E-state index contributed by atoms with van der Waals surface area (Å²) in [6, 6.07) is 0.330. The molecule has 2 nitrogen and oxygen atoms in total. The van der Waals surface area contributed by atoms with Crippen molar-refractivity contribution >= 4 is 5.91 Å². The summed E-state index contributed by atoms with van der Waals surface area (Å²) in [6.07, 6.45) is 4.27. The summed E-state index contributed by atoms with van der Waals surface area (Å²) in [7, 11) is 0. The molecule has 78 valence electrons. The van der Waals surface area contributed by atoms with Crippen molar-refractivity contribution in [2.45, 2.75) is 59.4 Å². The molecule has 13 heavy (non-hydrogen) atoms. The van der Waals surface area contributed by atoms with Crippen molar-refractivity contribution in [3.63, 3.8) is 0 Å². The first kappa shape index (κ1) is 12.5. The van der Waals surface area contributed by atoms with Gasteiger partial charge in [0.25, 0.3) is 0 Å². The van der Waals surface area contributed by atoms with Gasteiger partial charge in [0, 0.05) is 12.0 Å². The Hall–Kier alpha value is -0.530. The normalized spacial score (nSPS) is 15.1. The Morgan fingerprint density at radius 1 is 1.15 bits per heavy atom. The molecular weight excluding hydrogens is 162 g/mol. The third-order valence-electron chi connectivity index (χ3n) is 2.28. The summed E-state index contributed by atoms with van der Waals surface area (Å²) in [4.78, 5) is 11.5. The Morgan fingerprint density at radius 3 is 2.15 bits per heavy atom. The molecule has 0 aromatic carbocycles. The topological polar surface area (TPSA) is 29.1 Å². The summed E-state index contributed by atoms with van der Waals surface area (Å²) in [5.41, 5.74) is 0. The van der Waals surface area contributed by atoms with E-state index in [4.69, 9.17) is 0 Å². The zero-order chi connectivity index (χ0) is 10.3. The lowest BCUT2D eigenvalue weighted by Gasteiger charge is -2.16. The van der Waals surface area contributed by atoms with Crippen molar-refractivity contribution in [1.82, 2.24) is 5.32 Å². The third kappa shape index (κ3) is 5.67. The van der Waals surface area contributed by atoms with Gasteiger partial charge in [-0.05, 0) is 19.8 Å². The SMILES string of the molecule is CCC[C@@H](C)NC(=O)[C@@H](C)CCC. The van der Waals surface area contributed by atoms with Gasteiger partial charge in [0.2, 0.25) is 5.91 Å². The van der Waals surface area contributed by atoms with E-state index < -0.39 is 0 Å². The molecule has 0 bridgehead atoms. The van der Waals surface area contributed by atoms with E-state index >= 15 is 0 Å². The van der Waals surface area contributed by atoms with Crippen LogP contribution in [0.2, 0.25) is 0 Å². The molecule has 1 N–H and O–H groups in total. The molecule has 2 heteroatoms. The molecule has 0 heterocycles. The van der Waals surface area contributed by atoms with E-state index in [1.807, 2.05) is 6.92 Å². The lowest BCUT2D eigenvalue weighted by atomic mass is 10.0. The zero-order valence-corrected chi connectivity index (χ0v) is 9.39. The Kier molecular flexibility index (Phi) is 6.65. The molecule has 0 saturated carbocycles. The van der Waals surface area contributed by atoms with Gasteiger partial charge >= 0.3 is 0 Å². The van der Waals surface area contributed by atoms with Gasteiger partial charge < -0.3 is 5.32 Å². The molecule has 1 amide bonds. The first-order valence-electron chi connectivity index (χ1n) is 5.42. The van der Waals surface area contributed by atoms with E-state index in [0.29, 0.717) is 6.04 Å². The number of carbonyl (C=O) groups excluding carboxylic acids is 1. The van der Waals surface area contributed by atoms with Gasteiger partial charge in [0.1, 0.15) is 0 Å². The first-order valence-corrected chi connectivity index (χ1v) is 5.42. The maximum absolute atomic E-state index is 11.5. The summed E-state index contributed by atoms with van der Waals surface area (Å²) >= 11 is 0. The number of carbonyl (C=O) groups is 1. The van der Waals surface area contributed by atoms with Gasteiger partial charge in [-0.15, -0.1) is 0 Å². The van der Waals surface area contributed by atoms with Crippen LogP contribution in [0.1, 0.15) is 53.4 Å². The van der Waals surface area contributed by atoms with Crippen molar-refractivity contribution < 1.29 is 4.79 Å². The minimum Gasteiger partial charge on any atom is -0.353 e. The van der Waals surface area contributed by atoms with Crippen LogP contribution in [0, 0.1) is 5.92 Å². The number of rotatable bonds is 6. The van der Waals surface area contributed by atoms with Crippen LogP contribution in [-0.4, -0.2) is 11.9 Å². The fourth-order valence-electron chi connectivity index (χ4n) is 1.45. The molecule has 0 fully saturated rings. The van der Waals surface area contributed by atoms with Crippen LogP contribution in [0.25, 0.3) is 0 Å². The average molecular weight is 185 g/mol. The molecule has 0 unspecified atom stereocenters. The van der Waals surface area contributed by atoms with Crippen LogP contribution < -0.4 is 5.32 Å². The van der Waals surface area contributed by atoms with Crippen molar-refractivity contribution in [2.24, 2.45) is 5.92 Å². The second kappa shape index (κ2) is 6.93. The van der Waals surface area contributed by atoms with Crippen molar-refractivity contribution in [1.29, 1.82) is 0 Å². The average Bonchev–Trinajstić information content (AvgIpc) is 2.05. The Labute approximate surface area is 82.1 Å². The molecule has 0 radical (unpaired) electrons. The predicted octanol–water partition coefficient (Wildman–Crippen LogP) is 2.73.